The van der Waals surface area contributed by atoms with Crippen LogP contribution in [-0.4, -0.2) is 67.7 Å². The molecule has 2 aliphatic heterocycles. The molecule has 0 radical (unpaired) electrons. The number of amides is 1. The fourth-order valence-electron chi connectivity index (χ4n) is 5.62. The monoisotopic (exact) mass is 585 g/mol. The quantitative estimate of drug-likeness (QED) is 0.281. The number of pyridine rings is 2. The van der Waals surface area contributed by atoms with Gasteiger partial charge in [0.05, 0.1) is 29.6 Å². The minimum Gasteiger partial charge on any atom is -0.507 e. The van der Waals surface area contributed by atoms with E-state index in [4.69, 9.17) is 11.3 Å². The molecule has 13 heteroatoms. The smallest absolute Gasteiger partial charge is 0.354 e. The van der Waals surface area contributed by atoms with Crippen molar-refractivity contribution < 1.29 is 23.4 Å². The first-order valence-corrected chi connectivity index (χ1v) is 13.5. The van der Waals surface area contributed by atoms with Gasteiger partial charge >= 0.3 is 5.69 Å². The predicted molar refractivity (Wildman–Crippen MR) is 154 cm³/mol. The number of rotatable bonds is 4. The molecule has 5 heterocycles. The van der Waals surface area contributed by atoms with Crippen LogP contribution in [0.15, 0.2) is 47.9 Å². The number of phenols is 1. The van der Waals surface area contributed by atoms with Gasteiger partial charge < -0.3 is 19.6 Å². The van der Waals surface area contributed by atoms with Crippen LogP contribution in [0.2, 0.25) is 0 Å². The molecule has 3 aromatic heterocycles. The number of hydrogen-bond donors (Lipinski definition) is 1. The van der Waals surface area contributed by atoms with Gasteiger partial charge in [-0.1, -0.05) is 26.5 Å². The standard InChI is InChI=1S/C30H25F2N7O4/c1-5-20(41)37-11-12-38-16(13-37)14-43-27-22-28(38)36-30(42)39(26-18(33-4)9-10-34-24(26)15(2)3)29(22)35-25(23(27)32)21-17(31)7-6-8-19(21)40/h5-10,15-16,40H,1,11-14H2,2-3H3/t16-/m1/s1. The molecule has 6 rings (SSSR count). The minimum absolute atomic E-state index is 0.0252. The Morgan fingerprint density at radius 3 is 2.74 bits per heavy atom. The van der Waals surface area contributed by atoms with Gasteiger partial charge in [0.1, 0.15) is 35.1 Å². The highest BCUT2D eigenvalue weighted by Gasteiger charge is 2.38. The Labute approximate surface area is 244 Å². The van der Waals surface area contributed by atoms with Gasteiger partial charge in [0.2, 0.25) is 11.6 Å². The molecule has 1 aromatic carbocycles. The summed E-state index contributed by atoms with van der Waals surface area (Å²) in [6, 6.07) is 4.41. The van der Waals surface area contributed by atoms with Gasteiger partial charge in [-0.25, -0.2) is 23.4 Å². The molecule has 0 spiro atoms. The maximum atomic E-state index is 16.4. The molecule has 0 bridgehead atoms. The SMILES string of the molecule is [C-]#[N+]c1ccnc(C(C)C)c1-n1c(=O)nc2c3c(c(F)c(-c4c(O)cccc4F)nc31)OC[C@H]1CN(C(=O)C=C)CCN21. The Kier molecular flexibility index (Phi) is 6.76. The summed E-state index contributed by atoms with van der Waals surface area (Å²) in [4.78, 5) is 46.5. The third-order valence-electron chi connectivity index (χ3n) is 7.62. The summed E-state index contributed by atoms with van der Waals surface area (Å²) in [5, 5.41) is 10.6. The number of anilines is 1. The maximum absolute atomic E-state index is 16.4. The first-order valence-electron chi connectivity index (χ1n) is 13.5. The van der Waals surface area contributed by atoms with E-state index in [-0.39, 0.29) is 72.0 Å². The van der Waals surface area contributed by atoms with Gasteiger partial charge in [0, 0.05) is 25.8 Å². The lowest BCUT2D eigenvalue weighted by molar-refractivity contribution is -0.126. The predicted octanol–water partition coefficient (Wildman–Crippen LogP) is 4.10. The second-order valence-corrected chi connectivity index (χ2v) is 10.5. The Morgan fingerprint density at radius 1 is 1.26 bits per heavy atom. The van der Waals surface area contributed by atoms with Gasteiger partial charge in [0.15, 0.2) is 17.2 Å². The molecule has 0 saturated carbocycles. The van der Waals surface area contributed by atoms with E-state index in [0.717, 1.165) is 10.6 Å². The molecule has 1 fully saturated rings. The fraction of sp³-hybridized carbons (Fsp3) is 0.267. The number of fused-ring (bicyclic) bond motifs is 2. The van der Waals surface area contributed by atoms with Crippen LogP contribution in [0.25, 0.3) is 32.8 Å². The van der Waals surface area contributed by atoms with Crippen LogP contribution in [0, 0.1) is 18.2 Å². The summed E-state index contributed by atoms with van der Waals surface area (Å²) in [5.41, 5.74) is -1.54. The molecule has 1 atom stereocenters. The molecule has 0 aliphatic carbocycles. The van der Waals surface area contributed by atoms with E-state index in [1.165, 1.54) is 30.5 Å². The van der Waals surface area contributed by atoms with Gasteiger partial charge in [-0.15, -0.1) is 0 Å². The van der Waals surface area contributed by atoms with Gasteiger partial charge in [-0.05, 0) is 30.2 Å². The maximum Gasteiger partial charge on any atom is 0.354 e. The van der Waals surface area contributed by atoms with E-state index in [2.05, 4.69) is 26.4 Å². The van der Waals surface area contributed by atoms with Crippen LogP contribution in [0.3, 0.4) is 0 Å². The number of piperazine rings is 1. The summed E-state index contributed by atoms with van der Waals surface area (Å²) in [5.74, 6) is -3.40. The lowest BCUT2D eigenvalue weighted by Gasteiger charge is -2.40. The molecule has 1 amide bonds. The highest BCUT2D eigenvalue weighted by Crippen LogP contribution is 2.44. The number of ether oxygens (including phenoxy) is 1. The number of halogens is 2. The number of hydrogen-bond acceptors (Lipinski definition) is 8. The lowest BCUT2D eigenvalue weighted by Crippen LogP contribution is -2.56. The topological polar surface area (TPSA) is 118 Å². The Bertz CT molecular complexity index is 1910. The molecule has 43 heavy (non-hydrogen) atoms. The van der Waals surface area contributed by atoms with Crippen molar-refractivity contribution >= 4 is 28.4 Å². The van der Waals surface area contributed by atoms with Gasteiger partial charge in [0.25, 0.3) is 0 Å². The van der Waals surface area contributed by atoms with Crippen molar-refractivity contribution in [2.75, 3.05) is 31.1 Å². The summed E-state index contributed by atoms with van der Waals surface area (Å²) in [6.45, 7) is 15.6. The van der Waals surface area contributed by atoms with Crippen molar-refractivity contribution in [3.63, 3.8) is 0 Å². The Hall–Kier alpha value is -5.38. The van der Waals surface area contributed by atoms with E-state index in [1.807, 2.05) is 13.8 Å². The van der Waals surface area contributed by atoms with Crippen LogP contribution < -0.4 is 15.3 Å². The van der Waals surface area contributed by atoms with E-state index in [1.54, 1.807) is 9.80 Å². The number of phenolic OH excluding ortho intramolecular Hbond substituents is 1. The number of aromatic hydroxyl groups is 1. The summed E-state index contributed by atoms with van der Waals surface area (Å²) in [6.07, 6.45) is 2.65. The first-order chi connectivity index (χ1) is 20.7. The van der Waals surface area contributed by atoms with E-state index >= 15 is 8.78 Å². The van der Waals surface area contributed by atoms with Gasteiger partial charge in [-0.3, -0.25) is 14.3 Å². The molecule has 0 unspecified atom stereocenters. The average molecular weight is 586 g/mol. The van der Waals surface area contributed by atoms with Crippen LogP contribution >= 0.6 is 0 Å². The third kappa shape index (κ3) is 4.34. The second-order valence-electron chi connectivity index (χ2n) is 10.5. The second kappa shape index (κ2) is 10.5. The van der Waals surface area contributed by atoms with E-state index in [0.29, 0.717) is 5.69 Å². The highest BCUT2D eigenvalue weighted by atomic mass is 19.1. The van der Waals surface area contributed by atoms with Crippen LogP contribution in [-0.2, 0) is 4.79 Å². The largest absolute Gasteiger partial charge is 0.507 e. The zero-order valence-corrected chi connectivity index (χ0v) is 23.2. The number of carbonyl (C=O) groups excluding carboxylic acids is 1. The third-order valence-corrected chi connectivity index (χ3v) is 7.62. The summed E-state index contributed by atoms with van der Waals surface area (Å²) >= 11 is 0. The van der Waals surface area contributed by atoms with E-state index in [9.17, 15) is 14.7 Å². The van der Waals surface area contributed by atoms with Crippen molar-refractivity contribution in [1.29, 1.82) is 0 Å². The van der Waals surface area contributed by atoms with Crippen molar-refractivity contribution in [3.05, 3.63) is 82.3 Å². The first kappa shape index (κ1) is 27.8. The van der Waals surface area contributed by atoms with Crippen LogP contribution in [0.5, 0.6) is 11.5 Å². The number of benzene rings is 1. The Balaban J connectivity index is 1.73. The lowest BCUT2D eigenvalue weighted by atomic mass is 10.1. The number of carbonyl (C=O) groups is 1. The fourth-order valence-corrected chi connectivity index (χ4v) is 5.62. The Morgan fingerprint density at radius 2 is 2.05 bits per heavy atom. The van der Waals surface area contributed by atoms with Crippen LogP contribution in [0.4, 0.5) is 20.3 Å². The van der Waals surface area contributed by atoms with Crippen molar-refractivity contribution in [2.24, 2.45) is 0 Å². The molecule has 4 aromatic rings. The molecular formula is C30H25F2N7O4. The van der Waals surface area contributed by atoms with Gasteiger partial charge in [-0.2, -0.15) is 4.98 Å². The molecule has 1 saturated heterocycles. The van der Waals surface area contributed by atoms with Crippen molar-refractivity contribution in [3.8, 4) is 28.4 Å². The summed E-state index contributed by atoms with van der Waals surface area (Å²) < 4.78 is 38.7. The zero-order chi connectivity index (χ0) is 30.6. The molecule has 1 N–H and O–H groups in total. The number of aromatic nitrogens is 4. The van der Waals surface area contributed by atoms with Crippen molar-refractivity contribution in [2.45, 2.75) is 25.8 Å². The molecular weight excluding hydrogens is 560 g/mol. The summed E-state index contributed by atoms with van der Waals surface area (Å²) in [7, 11) is 0. The van der Waals surface area contributed by atoms with Crippen molar-refractivity contribution in [1.82, 2.24) is 24.4 Å². The average Bonchev–Trinajstić information content (AvgIpc) is 3.15. The molecule has 2 aliphatic rings. The number of nitrogens with zero attached hydrogens (tertiary/aromatic N) is 7. The minimum atomic E-state index is -1.07. The highest BCUT2D eigenvalue weighted by molar-refractivity contribution is 5.97. The zero-order valence-electron chi connectivity index (χ0n) is 23.2. The van der Waals surface area contributed by atoms with Crippen LogP contribution in [0.1, 0.15) is 25.5 Å². The molecule has 11 nitrogen and oxygen atoms in total. The molecule has 218 valence electrons. The van der Waals surface area contributed by atoms with E-state index < -0.39 is 40.4 Å². The normalized spacial score (nSPS) is 16.0.